The zero-order valence-electron chi connectivity index (χ0n) is 12.5. The first kappa shape index (κ1) is 14.7. The second-order valence-electron chi connectivity index (χ2n) is 5.14. The number of nitrogens with zero attached hydrogens (tertiary/aromatic N) is 2. The molecule has 0 bridgehead atoms. The second-order valence-corrected chi connectivity index (χ2v) is 5.14. The molecule has 0 aliphatic carbocycles. The van der Waals surface area contributed by atoms with Gasteiger partial charge in [-0.05, 0) is 37.3 Å². The molecule has 3 aromatic rings. The first-order valence-corrected chi connectivity index (χ1v) is 7.12. The molecule has 0 saturated heterocycles. The van der Waals surface area contributed by atoms with E-state index in [1.54, 1.807) is 36.5 Å². The smallest absolute Gasteiger partial charge is 0.335 e. The predicted octanol–water partition coefficient (Wildman–Crippen LogP) is 3.89. The first-order chi connectivity index (χ1) is 11.1. The summed E-state index contributed by atoms with van der Waals surface area (Å²) in [6.45, 7) is 2.03. The highest BCUT2D eigenvalue weighted by molar-refractivity contribution is 5.88. The molecule has 0 aliphatic heterocycles. The summed E-state index contributed by atoms with van der Waals surface area (Å²) in [4.78, 5) is 19.6. The van der Waals surface area contributed by atoms with E-state index in [1.165, 1.54) is 5.56 Å². The van der Waals surface area contributed by atoms with Crippen LogP contribution in [0, 0.1) is 6.92 Å². The first-order valence-electron chi connectivity index (χ1n) is 7.12. The van der Waals surface area contributed by atoms with Gasteiger partial charge in [-0.1, -0.05) is 29.8 Å². The highest BCUT2D eigenvalue weighted by atomic mass is 16.4. The molecule has 0 radical (unpaired) electrons. The summed E-state index contributed by atoms with van der Waals surface area (Å²) in [6.07, 6.45) is 1.69. The van der Waals surface area contributed by atoms with Crippen LogP contribution >= 0.6 is 0 Å². The normalized spacial score (nSPS) is 10.3. The molecule has 5 nitrogen and oxygen atoms in total. The number of hydrogen-bond acceptors (Lipinski definition) is 4. The molecule has 23 heavy (non-hydrogen) atoms. The van der Waals surface area contributed by atoms with E-state index in [0.717, 1.165) is 11.3 Å². The van der Waals surface area contributed by atoms with Gasteiger partial charge >= 0.3 is 5.97 Å². The maximum absolute atomic E-state index is 10.9. The van der Waals surface area contributed by atoms with Gasteiger partial charge in [0, 0.05) is 17.4 Å². The molecule has 0 spiro atoms. The second kappa shape index (κ2) is 6.27. The molecule has 0 amide bonds. The zero-order valence-corrected chi connectivity index (χ0v) is 12.5. The molecule has 0 aliphatic rings. The standard InChI is InChI=1S/C18H15N3O2/c1-12-2-4-13(5-3-12)17-19-11-10-16(21-17)20-15-8-6-14(7-9-15)18(22)23/h2-11H,1H3,(H,22,23)(H,19,20,21). The number of carboxylic acids is 1. The number of anilines is 2. The van der Waals surface area contributed by atoms with E-state index in [9.17, 15) is 4.79 Å². The van der Waals surface area contributed by atoms with Crippen molar-refractivity contribution in [1.29, 1.82) is 0 Å². The van der Waals surface area contributed by atoms with E-state index < -0.39 is 5.97 Å². The maximum Gasteiger partial charge on any atom is 0.335 e. The molecular formula is C18H15N3O2. The molecule has 114 valence electrons. The Kier molecular flexibility index (Phi) is 4.01. The number of aryl methyl sites for hydroxylation is 1. The molecule has 0 unspecified atom stereocenters. The van der Waals surface area contributed by atoms with Crippen LogP contribution in [-0.4, -0.2) is 21.0 Å². The monoisotopic (exact) mass is 305 g/mol. The summed E-state index contributed by atoms with van der Waals surface area (Å²) in [5.74, 6) is 0.344. The molecule has 0 saturated carbocycles. The van der Waals surface area contributed by atoms with Crippen LogP contribution in [0.2, 0.25) is 0 Å². The SMILES string of the molecule is Cc1ccc(-c2nccc(Nc3ccc(C(=O)O)cc3)n2)cc1. The van der Waals surface area contributed by atoms with Gasteiger partial charge in [-0.15, -0.1) is 0 Å². The number of carboxylic acid groups (broad SMARTS) is 1. The zero-order chi connectivity index (χ0) is 16.2. The van der Waals surface area contributed by atoms with Crippen LogP contribution in [0.4, 0.5) is 11.5 Å². The summed E-state index contributed by atoms with van der Waals surface area (Å²) < 4.78 is 0. The Morgan fingerprint density at radius 1 is 1.00 bits per heavy atom. The topological polar surface area (TPSA) is 75.1 Å². The Hall–Kier alpha value is -3.21. The van der Waals surface area contributed by atoms with Crippen molar-refractivity contribution in [3.8, 4) is 11.4 Å². The van der Waals surface area contributed by atoms with Gasteiger partial charge in [-0.2, -0.15) is 0 Å². The van der Waals surface area contributed by atoms with Crippen LogP contribution < -0.4 is 5.32 Å². The molecule has 1 aromatic heterocycles. The number of carbonyl (C=O) groups is 1. The van der Waals surface area contributed by atoms with Gasteiger partial charge in [0.2, 0.25) is 0 Å². The van der Waals surface area contributed by atoms with Crippen LogP contribution in [-0.2, 0) is 0 Å². The highest BCUT2D eigenvalue weighted by Gasteiger charge is 2.05. The maximum atomic E-state index is 10.9. The molecule has 2 N–H and O–H groups in total. The highest BCUT2D eigenvalue weighted by Crippen LogP contribution is 2.19. The lowest BCUT2D eigenvalue weighted by atomic mass is 10.1. The van der Waals surface area contributed by atoms with Crippen molar-refractivity contribution < 1.29 is 9.90 Å². The summed E-state index contributed by atoms with van der Waals surface area (Å²) in [6, 6.07) is 16.3. The van der Waals surface area contributed by atoms with Gasteiger partial charge < -0.3 is 10.4 Å². The van der Waals surface area contributed by atoms with E-state index in [4.69, 9.17) is 5.11 Å². The van der Waals surface area contributed by atoms with E-state index in [1.807, 2.05) is 31.2 Å². The van der Waals surface area contributed by atoms with Crippen LogP contribution in [0.25, 0.3) is 11.4 Å². The molecule has 0 atom stereocenters. The molecule has 2 aromatic carbocycles. The lowest BCUT2D eigenvalue weighted by Gasteiger charge is -2.07. The van der Waals surface area contributed by atoms with Gasteiger partial charge in [-0.3, -0.25) is 0 Å². The third-order valence-electron chi connectivity index (χ3n) is 3.37. The predicted molar refractivity (Wildman–Crippen MR) is 88.9 cm³/mol. The average molecular weight is 305 g/mol. The molecular weight excluding hydrogens is 290 g/mol. The van der Waals surface area contributed by atoms with Crippen molar-refractivity contribution in [2.75, 3.05) is 5.32 Å². The number of benzene rings is 2. The van der Waals surface area contributed by atoms with Crippen LogP contribution in [0.5, 0.6) is 0 Å². The summed E-state index contributed by atoms with van der Waals surface area (Å²) in [7, 11) is 0. The van der Waals surface area contributed by atoms with E-state index in [0.29, 0.717) is 11.6 Å². The number of aromatic nitrogens is 2. The van der Waals surface area contributed by atoms with Crippen molar-refractivity contribution in [2.45, 2.75) is 6.92 Å². The van der Waals surface area contributed by atoms with E-state index in [-0.39, 0.29) is 5.56 Å². The van der Waals surface area contributed by atoms with Crippen molar-refractivity contribution in [3.63, 3.8) is 0 Å². The quantitative estimate of drug-likeness (QED) is 0.764. The minimum atomic E-state index is -0.944. The minimum Gasteiger partial charge on any atom is -0.478 e. The van der Waals surface area contributed by atoms with Crippen LogP contribution in [0.3, 0.4) is 0 Å². The van der Waals surface area contributed by atoms with Gasteiger partial charge in [0.1, 0.15) is 5.82 Å². The van der Waals surface area contributed by atoms with Crippen molar-refractivity contribution in [2.24, 2.45) is 0 Å². The Balaban J connectivity index is 1.82. The van der Waals surface area contributed by atoms with E-state index >= 15 is 0 Å². The number of rotatable bonds is 4. The fraction of sp³-hybridized carbons (Fsp3) is 0.0556. The Morgan fingerprint density at radius 2 is 1.70 bits per heavy atom. The van der Waals surface area contributed by atoms with Gasteiger partial charge in [-0.25, -0.2) is 14.8 Å². The molecule has 1 heterocycles. The Morgan fingerprint density at radius 3 is 2.35 bits per heavy atom. The fourth-order valence-corrected chi connectivity index (χ4v) is 2.11. The summed E-state index contributed by atoms with van der Waals surface area (Å²) in [5, 5.41) is 12.1. The van der Waals surface area contributed by atoms with Gasteiger partial charge in [0.15, 0.2) is 5.82 Å². The number of hydrogen-bond donors (Lipinski definition) is 2. The minimum absolute atomic E-state index is 0.249. The summed E-state index contributed by atoms with van der Waals surface area (Å²) >= 11 is 0. The Labute approximate surface area is 133 Å². The molecule has 3 rings (SSSR count). The molecule has 5 heteroatoms. The largest absolute Gasteiger partial charge is 0.478 e. The van der Waals surface area contributed by atoms with Crippen molar-refractivity contribution in [3.05, 3.63) is 71.9 Å². The lowest BCUT2D eigenvalue weighted by molar-refractivity contribution is 0.0697. The van der Waals surface area contributed by atoms with Crippen molar-refractivity contribution >= 4 is 17.5 Å². The average Bonchev–Trinajstić information content (AvgIpc) is 2.56. The Bertz CT molecular complexity index is 828. The van der Waals surface area contributed by atoms with Crippen LogP contribution in [0.15, 0.2) is 60.8 Å². The van der Waals surface area contributed by atoms with Gasteiger partial charge in [0.05, 0.1) is 5.56 Å². The van der Waals surface area contributed by atoms with Crippen LogP contribution in [0.1, 0.15) is 15.9 Å². The number of nitrogens with one attached hydrogen (secondary N) is 1. The van der Waals surface area contributed by atoms with Gasteiger partial charge in [0.25, 0.3) is 0 Å². The lowest BCUT2D eigenvalue weighted by Crippen LogP contribution is -1.99. The third-order valence-corrected chi connectivity index (χ3v) is 3.37. The fourth-order valence-electron chi connectivity index (χ4n) is 2.11. The summed E-state index contributed by atoms with van der Waals surface area (Å²) in [5.41, 5.74) is 3.14. The third kappa shape index (κ3) is 3.52. The van der Waals surface area contributed by atoms with E-state index in [2.05, 4.69) is 15.3 Å². The number of aromatic carboxylic acids is 1. The van der Waals surface area contributed by atoms with Crippen molar-refractivity contribution in [1.82, 2.24) is 9.97 Å². The molecule has 0 fully saturated rings.